The number of anilines is 1. The summed E-state index contributed by atoms with van der Waals surface area (Å²) in [7, 11) is 1.55. The molecule has 2 unspecified atom stereocenters. The van der Waals surface area contributed by atoms with E-state index in [0.717, 1.165) is 12.8 Å². The summed E-state index contributed by atoms with van der Waals surface area (Å²) in [6.07, 6.45) is 5.40. The molecular formula is C13H17N3O4. The summed E-state index contributed by atoms with van der Waals surface area (Å²) < 4.78 is 6.89. The first kappa shape index (κ1) is 13.1. The Hall–Kier alpha value is -1.89. The molecule has 108 valence electrons. The smallest absolute Gasteiger partial charge is 0.326 e. The van der Waals surface area contributed by atoms with Crippen molar-refractivity contribution in [1.82, 2.24) is 9.55 Å². The Bertz CT molecular complexity index is 581. The fourth-order valence-electron chi connectivity index (χ4n) is 2.69. The zero-order chi connectivity index (χ0) is 14.3. The van der Waals surface area contributed by atoms with Crippen LogP contribution in [0.15, 0.2) is 17.2 Å². The number of carbonyl (C=O) groups is 1. The summed E-state index contributed by atoms with van der Waals surface area (Å²) in [5.41, 5.74) is -0.210. The maximum atomic E-state index is 12.4. The van der Waals surface area contributed by atoms with Crippen LogP contribution in [0.3, 0.4) is 0 Å². The number of methoxy groups -OCH3 is 1. The van der Waals surface area contributed by atoms with Crippen LogP contribution in [0, 0.1) is 0 Å². The van der Waals surface area contributed by atoms with Gasteiger partial charge in [-0.3, -0.25) is 4.79 Å². The largest absolute Gasteiger partial charge is 0.480 e. The number of hydrogen-bond acceptors (Lipinski definition) is 5. The Balaban J connectivity index is 1.96. The van der Waals surface area contributed by atoms with Crippen LogP contribution in [0.2, 0.25) is 0 Å². The summed E-state index contributed by atoms with van der Waals surface area (Å²) in [5, 5.41) is 9.31. The number of nitrogens with zero attached hydrogens (tertiary/aromatic N) is 3. The zero-order valence-electron chi connectivity index (χ0n) is 11.2. The van der Waals surface area contributed by atoms with Crippen molar-refractivity contribution in [3.8, 4) is 0 Å². The Morgan fingerprint density at radius 2 is 2.25 bits per heavy atom. The summed E-state index contributed by atoms with van der Waals surface area (Å²) in [4.78, 5) is 29.4. The fourth-order valence-corrected chi connectivity index (χ4v) is 2.69. The molecule has 7 nitrogen and oxygen atoms in total. The van der Waals surface area contributed by atoms with Crippen LogP contribution >= 0.6 is 0 Å². The Morgan fingerprint density at radius 3 is 2.85 bits per heavy atom. The molecule has 1 saturated carbocycles. The normalized spacial score (nSPS) is 25.9. The summed E-state index contributed by atoms with van der Waals surface area (Å²) in [6.45, 7) is 0.379. The van der Waals surface area contributed by atoms with Crippen molar-refractivity contribution < 1.29 is 14.6 Å². The van der Waals surface area contributed by atoms with Gasteiger partial charge in [0, 0.05) is 38.5 Å². The number of hydrogen-bond donors (Lipinski definition) is 1. The van der Waals surface area contributed by atoms with Crippen molar-refractivity contribution in [2.45, 2.75) is 37.5 Å². The highest BCUT2D eigenvalue weighted by Gasteiger charge is 2.39. The first-order valence-electron chi connectivity index (χ1n) is 6.71. The summed E-state index contributed by atoms with van der Waals surface area (Å²) in [5.74, 6) is -0.737. The highest BCUT2D eigenvalue weighted by molar-refractivity contribution is 5.78. The minimum absolute atomic E-state index is 0.188. The second-order valence-corrected chi connectivity index (χ2v) is 5.29. The molecule has 0 amide bonds. The molecule has 1 saturated heterocycles. The maximum absolute atomic E-state index is 12.4. The van der Waals surface area contributed by atoms with E-state index in [2.05, 4.69) is 4.98 Å². The fraction of sp³-hybridized carbons (Fsp3) is 0.615. The molecule has 1 aliphatic heterocycles. The average molecular weight is 279 g/mol. The SMILES string of the molecule is COC1CC(C(=O)O)N(c2nccn(C3CC3)c2=O)C1. The number of aromatic nitrogens is 2. The second-order valence-electron chi connectivity index (χ2n) is 5.29. The average Bonchev–Trinajstić information content (AvgIpc) is 3.17. The monoisotopic (exact) mass is 279 g/mol. The van der Waals surface area contributed by atoms with E-state index in [1.165, 1.54) is 0 Å². The predicted octanol–water partition coefficient (Wildman–Crippen LogP) is 0.256. The van der Waals surface area contributed by atoms with Gasteiger partial charge in [-0.1, -0.05) is 0 Å². The molecule has 3 rings (SSSR count). The van der Waals surface area contributed by atoms with Crippen LogP contribution in [0.4, 0.5) is 5.82 Å². The van der Waals surface area contributed by atoms with Crippen LogP contribution in [0.25, 0.3) is 0 Å². The van der Waals surface area contributed by atoms with Crippen LogP contribution < -0.4 is 10.5 Å². The van der Waals surface area contributed by atoms with Crippen molar-refractivity contribution in [2.24, 2.45) is 0 Å². The van der Waals surface area contributed by atoms with Crippen LogP contribution in [0.1, 0.15) is 25.3 Å². The second kappa shape index (κ2) is 4.90. The van der Waals surface area contributed by atoms with Crippen LogP contribution in [-0.2, 0) is 9.53 Å². The molecule has 7 heteroatoms. The highest BCUT2D eigenvalue weighted by atomic mass is 16.5. The lowest BCUT2D eigenvalue weighted by atomic mass is 10.2. The van der Waals surface area contributed by atoms with E-state index >= 15 is 0 Å². The van der Waals surface area contributed by atoms with Gasteiger partial charge in [-0.25, -0.2) is 9.78 Å². The molecular weight excluding hydrogens is 262 g/mol. The lowest BCUT2D eigenvalue weighted by Crippen LogP contribution is -2.41. The third kappa shape index (κ3) is 2.18. The van der Waals surface area contributed by atoms with Crippen molar-refractivity contribution in [3.05, 3.63) is 22.7 Å². The standard InChI is InChI=1S/C13H17N3O4/c1-20-9-6-10(13(18)19)16(7-9)11-12(17)15(5-4-14-11)8-2-3-8/h4-5,8-10H,2-3,6-7H2,1H3,(H,18,19). The van der Waals surface area contributed by atoms with Crippen molar-refractivity contribution in [1.29, 1.82) is 0 Å². The molecule has 0 spiro atoms. The predicted molar refractivity (Wildman–Crippen MR) is 71.0 cm³/mol. The lowest BCUT2D eigenvalue weighted by Gasteiger charge is -2.22. The van der Waals surface area contributed by atoms with Crippen molar-refractivity contribution >= 4 is 11.8 Å². The van der Waals surface area contributed by atoms with Gasteiger partial charge in [-0.05, 0) is 12.8 Å². The molecule has 1 aromatic rings. The number of carboxylic acids is 1. The van der Waals surface area contributed by atoms with E-state index in [4.69, 9.17) is 4.74 Å². The Morgan fingerprint density at radius 1 is 1.50 bits per heavy atom. The first-order valence-corrected chi connectivity index (χ1v) is 6.71. The van der Waals surface area contributed by atoms with E-state index < -0.39 is 12.0 Å². The van der Waals surface area contributed by atoms with Gasteiger partial charge in [0.05, 0.1) is 6.10 Å². The highest BCUT2D eigenvalue weighted by Crippen LogP contribution is 2.33. The van der Waals surface area contributed by atoms with Gasteiger partial charge in [0.15, 0.2) is 5.82 Å². The minimum Gasteiger partial charge on any atom is -0.480 e. The Labute approximate surface area is 115 Å². The van der Waals surface area contributed by atoms with Gasteiger partial charge in [-0.2, -0.15) is 0 Å². The summed E-state index contributed by atoms with van der Waals surface area (Å²) >= 11 is 0. The zero-order valence-corrected chi connectivity index (χ0v) is 11.2. The first-order chi connectivity index (χ1) is 9.61. The molecule has 1 N–H and O–H groups in total. The van der Waals surface area contributed by atoms with E-state index in [-0.39, 0.29) is 23.5 Å². The van der Waals surface area contributed by atoms with Crippen molar-refractivity contribution in [2.75, 3.05) is 18.6 Å². The molecule has 1 aromatic heterocycles. The number of aliphatic carboxylic acids is 1. The quantitative estimate of drug-likeness (QED) is 0.851. The third-order valence-electron chi connectivity index (χ3n) is 3.94. The molecule has 0 aromatic carbocycles. The molecule has 2 atom stereocenters. The van der Waals surface area contributed by atoms with E-state index in [1.807, 2.05) is 0 Å². The molecule has 2 heterocycles. The van der Waals surface area contributed by atoms with E-state index in [9.17, 15) is 14.7 Å². The molecule has 0 radical (unpaired) electrons. The molecule has 2 aliphatic rings. The van der Waals surface area contributed by atoms with Crippen LogP contribution in [-0.4, -0.2) is 46.4 Å². The van der Waals surface area contributed by atoms with Gasteiger partial charge in [0.2, 0.25) is 0 Å². The van der Waals surface area contributed by atoms with Crippen molar-refractivity contribution in [3.63, 3.8) is 0 Å². The third-order valence-corrected chi connectivity index (χ3v) is 3.94. The number of carboxylic acid groups (broad SMARTS) is 1. The van der Waals surface area contributed by atoms with Gasteiger partial charge in [0.1, 0.15) is 6.04 Å². The molecule has 0 bridgehead atoms. The Kier molecular flexibility index (Phi) is 3.21. The lowest BCUT2D eigenvalue weighted by molar-refractivity contribution is -0.138. The van der Waals surface area contributed by atoms with Gasteiger partial charge in [-0.15, -0.1) is 0 Å². The van der Waals surface area contributed by atoms with Crippen LogP contribution in [0.5, 0.6) is 0 Å². The maximum Gasteiger partial charge on any atom is 0.326 e. The molecule has 1 aliphatic carbocycles. The topological polar surface area (TPSA) is 84.7 Å². The van der Waals surface area contributed by atoms with E-state index in [1.54, 1.807) is 29.0 Å². The van der Waals surface area contributed by atoms with Gasteiger partial charge < -0.3 is 19.3 Å². The van der Waals surface area contributed by atoms with Gasteiger partial charge in [0.25, 0.3) is 5.56 Å². The van der Waals surface area contributed by atoms with E-state index in [0.29, 0.717) is 13.0 Å². The minimum atomic E-state index is -0.951. The number of rotatable bonds is 4. The number of ether oxygens (including phenoxy) is 1. The molecule has 2 fully saturated rings. The van der Waals surface area contributed by atoms with Gasteiger partial charge >= 0.3 is 5.97 Å². The molecule has 20 heavy (non-hydrogen) atoms. The summed E-state index contributed by atoms with van der Waals surface area (Å²) in [6, 6.07) is -0.511.